The molecule has 0 aliphatic heterocycles. The quantitative estimate of drug-likeness (QED) is 0.408. The van der Waals surface area contributed by atoms with Crippen LogP contribution < -0.4 is 5.32 Å². The first-order valence-corrected chi connectivity index (χ1v) is 7.35. The van der Waals surface area contributed by atoms with Gasteiger partial charge in [0, 0.05) is 5.02 Å². The van der Waals surface area contributed by atoms with Crippen LogP contribution in [0.1, 0.15) is 16.3 Å². The highest BCUT2D eigenvalue weighted by molar-refractivity contribution is 6.31. The normalized spacial score (nSPS) is 10.6. The van der Waals surface area contributed by atoms with E-state index in [2.05, 4.69) is 10.4 Å². The maximum atomic E-state index is 12.2. The van der Waals surface area contributed by atoms with Gasteiger partial charge in [-0.05, 0) is 30.3 Å². The molecule has 0 saturated heterocycles. The van der Waals surface area contributed by atoms with Crippen molar-refractivity contribution in [1.29, 1.82) is 0 Å². The Bertz CT molecular complexity index is 949. The number of benzene rings is 1. The van der Waals surface area contributed by atoms with E-state index in [9.17, 15) is 20.0 Å². The molecule has 1 aromatic carbocycles. The van der Waals surface area contributed by atoms with E-state index >= 15 is 0 Å². The van der Waals surface area contributed by atoms with Crippen LogP contribution in [-0.2, 0) is 6.54 Å². The van der Waals surface area contributed by atoms with Crippen LogP contribution in [0.15, 0.2) is 47.1 Å². The van der Waals surface area contributed by atoms with Crippen LogP contribution in [-0.4, -0.2) is 25.7 Å². The highest BCUT2D eigenvalue weighted by Crippen LogP contribution is 2.27. The molecule has 2 N–H and O–H groups in total. The van der Waals surface area contributed by atoms with Crippen molar-refractivity contribution in [2.75, 3.05) is 5.32 Å². The second kappa shape index (κ2) is 6.65. The summed E-state index contributed by atoms with van der Waals surface area (Å²) in [6, 6.07) is 7.25. The van der Waals surface area contributed by atoms with Crippen LogP contribution in [0.3, 0.4) is 0 Å². The lowest BCUT2D eigenvalue weighted by Crippen LogP contribution is -2.11. The third-order valence-electron chi connectivity index (χ3n) is 3.24. The third-order valence-corrected chi connectivity index (χ3v) is 3.48. The van der Waals surface area contributed by atoms with Crippen molar-refractivity contribution in [2.45, 2.75) is 6.54 Å². The van der Waals surface area contributed by atoms with Crippen LogP contribution in [0.2, 0.25) is 5.02 Å². The average molecular weight is 363 g/mol. The van der Waals surface area contributed by atoms with E-state index in [4.69, 9.17) is 16.0 Å². The highest BCUT2D eigenvalue weighted by Gasteiger charge is 2.15. The maximum Gasteiger partial charge on any atom is 0.307 e. The fourth-order valence-corrected chi connectivity index (χ4v) is 2.24. The SMILES string of the molecule is O=C(Nc1cc(Cl)ccc1O)c1ccc(Cn2cc([N+](=O)[O-])cn2)o1. The van der Waals surface area contributed by atoms with Gasteiger partial charge in [-0.25, -0.2) is 0 Å². The zero-order valence-electron chi connectivity index (χ0n) is 12.5. The molecule has 0 saturated carbocycles. The number of aromatic hydroxyl groups is 1. The second-order valence-corrected chi connectivity index (χ2v) is 5.47. The number of rotatable bonds is 5. The number of phenolic OH excluding ortho intramolecular Hbond substituents is 1. The first-order chi connectivity index (χ1) is 11.9. The number of halogens is 1. The Balaban J connectivity index is 1.70. The van der Waals surface area contributed by atoms with E-state index in [0.717, 1.165) is 6.20 Å². The maximum absolute atomic E-state index is 12.2. The number of nitro groups is 1. The Morgan fingerprint density at radius 1 is 1.40 bits per heavy atom. The van der Waals surface area contributed by atoms with E-state index in [1.807, 2.05) is 0 Å². The lowest BCUT2D eigenvalue weighted by Gasteiger charge is -2.06. The molecule has 3 rings (SSSR count). The molecule has 0 aliphatic carbocycles. The predicted octanol–water partition coefficient (Wildman–Crippen LogP) is 3.04. The molecule has 0 radical (unpaired) electrons. The summed E-state index contributed by atoms with van der Waals surface area (Å²) in [6.07, 6.45) is 2.38. The molecule has 3 aromatic rings. The molecule has 0 bridgehead atoms. The van der Waals surface area contributed by atoms with Crippen molar-refractivity contribution in [2.24, 2.45) is 0 Å². The van der Waals surface area contributed by atoms with Crippen molar-refractivity contribution in [3.63, 3.8) is 0 Å². The van der Waals surface area contributed by atoms with E-state index in [1.165, 1.54) is 35.1 Å². The van der Waals surface area contributed by atoms with Gasteiger partial charge in [-0.3, -0.25) is 19.6 Å². The molecule has 10 heteroatoms. The fourth-order valence-electron chi connectivity index (χ4n) is 2.07. The zero-order chi connectivity index (χ0) is 18.0. The number of furan rings is 1. The lowest BCUT2D eigenvalue weighted by atomic mass is 10.3. The van der Waals surface area contributed by atoms with Crippen molar-refractivity contribution >= 4 is 28.9 Å². The molecule has 0 spiro atoms. The van der Waals surface area contributed by atoms with Gasteiger partial charge >= 0.3 is 5.69 Å². The van der Waals surface area contributed by atoms with Crippen LogP contribution >= 0.6 is 11.6 Å². The van der Waals surface area contributed by atoms with Gasteiger partial charge < -0.3 is 14.8 Å². The van der Waals surface area contributed by atoms with Gasteiger partial charge in [-0.1, -0.05) is 11.6 Å². The monoisotopic (exact) mass is 362 g/mol. The first kappa shape index (κ1) is 16.5. The van der Waals surface area contributed by atoms with Gasteiger partial charge in [-0.2, -0.15) is 5.10 Å². The Hall–Kier alpha value is -3.33. The summed E-state index contributed by atoms with van der Waals surface area (Å²) < 4.78 is 6.72. The van der Waals surface area contributed by atoms with Crippen LogP contribution in [0, 0.1) is 10.1 Å². The molecular formula is C15H11ClN4O5. The van der Waals surface area contributed by atoms with Crippen molar-refractivity contribution in [1.82, 2.24) is 9.78 Å². The number of hydrogen-bond donors (Lipinski definition) is 2. The van der Waals surface area contributed by atoms with Crippen LogP contribution in [0.5, 0.6) is 5.75 Å². The Morgan fingerprint density at radius 3 is 2.92 bits per heavy atom. The van der Waals surface area contributed by atoms with Gasteiger partial charge in [0.1, 0.15) is 23.9 Å². The number of carbonyl (C=O) groups excluding carboxylic acids is 1. The van der Waals surface area contributed by atoms with Crippen LogP contribution in [0.25, 0.3) is 0 Å². The van der Waals surface area contributed by atoms with Crippen molar-refractivity contribution in [3.05, 3.63) is 69.4 Å². The minimum Gasteiger partial charge on any atom is -0.506 e. The lowest BCUT2D eigenvalue weighted by molar-refractivity contribution is -0.385. The highest BCUT2D eigenvalue weighted by atomic mass is 35.5. The number of aromatic nitrogens is 2. The van der Waals surface area contributed by atoms with Gasteiger partial charge in [0.25, 0.3) is 5.91 Å². The Labute approximate surface area is 145 Å². The molecule has 0 fully saturated rings. The van der Waals surface area contributed by atoms with E-state index in [0.29, 0.717) is 10.8 Å². The first-order valence-electron chi connectivity index (χ1n) is 6.98. The van der Waals surface area contributed by atoms with Gasteiger partial charge in [0.2, 0.25) is 0 Å². The molecule has 2 aromatic heterocycles. The number of hydrogen-bond acceptors (Lipinski definition) is 6. The smallest absolute Gasteiger partial charge is 0.307 e. The summed E-state index contributed by atoms with van der Waals surface area (Å²) >= 11 is 5.82. The minimum atomic E-state index is -0.574. The third kappa shape index (κ3) is 3.78. The summed E-state index contributed by atoms with van der Waals surface area (Å²) in [5, 5.41) is 27.0. The number of amides is 1. The molecular weight excluding hydrogens is 352 g/mol. The topological polar surface area (TPSA) is 123 Å². The largest absolute Gasteiger partial charge is 0.506 e. The van der Waals surface area contributed by atoms with E-state index in [1.54, 1.807) is 6.07 Å². The molecule has 9 nitrogen and oxygen atoms in total. The van der Waals surface area contributed by atoms with Gasteiger partial charge in [0.15, 0.2) is 5.76 Å². The van der Waals surface area contributed by atoms with Gasteiger partial charge in [0.05, 0.1) is 17.2 Å². The summed E-state index contributed by atoms with van der Waals surface area (Å²) in [6.45, 7) is 0.129. The Morgan fingerprint density at radius 2 is 2.20 bits per heavy atom. The van der Waals surface area contributed by atoms with Crippen LogP contribution in [0.4, 0.5) is 11.4 Å². The van der Waals surface area contributed by atoms with E-state index in [-0.39, 0.29) is 29.4 Å². The predicted molar refractivity (Wildman–Crippen MR) is 87.8 cm³/mol. The number of carbonyl (C=O) groups is 1. The second-order valence-electron chi connectivity index (χ2n) is 5.03. The van der Waals surface area contributed by atoms with E-state index < -0.39 is 10.8 Å². The zero-order valence-corrected chi connectivity index (χ0v) is 13.3. The molecule has 2 heterocycles. The molecule has 25 heavy (non-hydrogen) atoms. The van der Waals surface area contributed by atoms with Crippen molar-refractivity contribution in [3.8, 4) is 5.75 Å². The standard InChI is InChI=1S/C15H11ClN4O5/c16-9-1-3-13(21)12(5-9)18-15(22)14-4-2-11(25-14)8-19-7-10(6-17-19)20(23)24/h1-7,21H,8H2,(H,18,22). The summed E-state index contributed by atoms with van der Waals surface area (Å²) in [5.74, 6) is -0.307. The summed E-state index contributed by atoms with van der Waals surface area (Å²) in [7, 11) is 0. The molecule has 0 aliphatic rings. The minimum absolute atomic E-state index is 0.0102. The fraction of sp³-hybridized carbons (Fsp3) is 0.0667. The number of anilines is 1. The van der Waals surface area contributed by atoms with Crippen molar-refractivity contribution < 1.29 is 19.2 Å². The summed E-state index contributed by atoms with van der Waals surface area (Å²) in [5.41, 5.74) is 0.0131. The Kier molecular flexibility index (Phi) is 4.40. The number of phenols is 1. The number of nitrogens with one attached hydrogen (secondary N) is 1. The summed E-state index contributed by atoms with van der Waals surface area (Å²) in [4.78, 5) is 22.2. The average Bonchev–Trinajstić information content (AvgIpc) is 3.21. The number of nitrogens with zero attached hydrogens (tertiary/aromatic N) is 3. The molecule has 128 valence electrons. The molecule has 0 atom stereocenters. The molecule has 0 unspecified atom stereocenters. The molecule has 1 amide bonds. The van der Waals surface area contributed by atoms with Gasteiger partial charge in [-0.15, -0.1) is 0 Å².